The van der Waals surface area contributed by atoms with Crippen LogP contribution in [0, 0.1) is 0 Å². The smallest absolute Gasteiger partial charge is 0.262 e. The van der Waals surface area contributed by atoms with Gasteiger partial charge in [0.15, 0.2) is 0 Å². The zero-order chi connectivity index (χ0) is 16.7. The van der Waals surface area contributed by atoms with Crippen molar-refractivity contribution in [3.8, 4) is 11.5 Å². The fourth-order valence-electron chi connectivity index (χ4n) is 2.40. The van der Waals surface area contributed by atoms with Crippen LogP contribution < -0.4 is 14.4 Å². The molecule has 0 saturated carbocycles. The summed E-state index contributed by atoms with van der Waals surface area (Å²) >= 11 is 0. The molecule has 0 spiro atoms. The third-order valence-electron chi connectivity index (χ3n) is 3.69. The van der Waals surface area contributed by atoms with E-state index in [9.17, 15) is 4.79 Å². The number of ether oxygens (including phenoxy) is 2. The van der Waals surface area contributed by atoms with Crippen LogP contribution in [0.5, 0.6) is 11.5 Å². The number of nitrogens with zero attached hydrogens (tertiary/aromatic N) is 1. The molecule has 0 aliphatic rings. The highest BCUT2D eigenvalue weighted by atomic mass is 16.5. The number of methoxy groups -OCH3 is 2. The maximum absolute atomic E-state index is 13.1. The molecular weight excluding hydrogens is 290 g/mol. The molecule has 0 aliphatic heterocycles. The fourth-order valence-corrected chi connectivity index (χ4v) is 2.40. The van der Waals surface area contributed by atoms with E-state index < -0.39 is 0 Å². The van der Waals surface area contributed by atoms with Crippen LogP contribution in [0.15, 0.2) is 48.5 Å². The van der Waals surface area contributed by atoms with Gasteiger partial charge in [-0.15, -0.1) is 0 Å². The third kappa shape index (κ3) is 4.03. The van der Waals surface area contributed by atoms with Crippen LogP contribution in [0.25, 0.3) is 0 Å². The fraction of sp³-hybridized carbons (Fsp3) is 0.316. The van der Waals surface area contributed by atoms with Gasteiger partial charge in [0.2, 0.25) is 0 Å². The standard InChI is InChI=1S/C19H23NO3/c1-4-5-13-20(15-9-7-6-8-10-15)19(21)17-14-16(22-2)11-12-18(17)23-3/h6-12,14H,4-5,13H2,1-3H3. The monoisotopic (exact) mass is 313 g/mol. The predicted octanol–water partition coefficient (Wildman–Crippen LogP) is 4.15. The van der Waals surface area contributed by atoms with Crippen molar-refractivity contribution in [3.63, 3.8) is 0 Å². The Morgan fingerprint density at radius 2 is 1.78 bits per heavy atom. The molecule has 122 valence electrons. The van der Waals surface area contributed by atoms with E-state index in [1.165, 1.54) is 0 Å². The molecular formula is C19H23NO3. The van der Waals surface area contributed by atoms with Gasteiger partial charge in [-0.05, 0) is 36.8 Å². The maximum Gasteiger partial charge on any atom is 0.262 e. The van der Waals surface area contributed by atoms with Crippen molar-refractivity contribution in [3.05, 3.63) is 54.1 Å². The van der Waals surface area contributed by atoms with E-state index in [-0.39, 0.29) is 5.91 Å². The van der Waals surface area contributed by atoms with Gasteiger partial charge in [-0.1, -0.05) is 31.5 Å². The number of hydrogen-bond acceptors (Lipinski definition) is 3. The number of carbonyl (C=O) groups excluding carboxylic acids is 1. The van der Waals surface area contributed by atoms with E-state index in [1.54, 1.807) is 37.3 Å². The zero-order valence-corrected chi connectivity index (χ0v) is 13.9. The Hall–Kier alpha value is -2.49. The molecule has 0 saturated heterocycles. The minimum Gasteiger partial charge on any atom is -0.497 e. The molecule has 2 aromatic carbocycles. The lowest BCUT2D eigenvalue weighted by Crippen LogP contribution is -2.32. The van der Waals surface area contributed by atoms with E-state index >= 15 is 0 Å². The SMILES string of the molecule is CCCCN(C(=O)c1cc(OC)ccc1OC)c1ccccc1. The molecule has 0 aliphatic carbocycles. The second-order valence-corrected chi connectivity index (χ2v) is 5.21. The van der Waals surface area contributed by atoms with Crippen LogP contribution in [-0.2, 0) is 0 Å². The Kier molecular flexibility index (Phi) is 6.03. The van der Waals surface area contributed by atoms with Gasteiger partial charge >= 0.3 is 0 Å². The molecule has 0 atom stereocenters. The van der Waals surface area contributed by atoms with E-state index in [1.807, 2.05) is 30.3 Å². The summed E-state index contributed by atoms with van der Waals surface area (Å²) in [5.41, 5.74) is 1.39. The Morgan fingerprint density at radius 3 is 2.39 bits per heavy atom. The highest BCUT2D eigenvalue weighted by Crippen LogP contribution is 2.27. The Bertz CT molecular complexity index is 640. The lowest BCUT2D eigenvalue weighted by Gasteiger charge is -2.24. The van der Waals surface area contributed by atoms with Crippen molar-refractivity contribution in [1.82, 2.24) is 0 Å². The number of carbonyl (C=O) groups is 1. The lowest BCUT2D eigenvalue weighted by atomic mass is 10.1. The van der Waals surface area contributed by atoms with Gasteiger partial charge in [-0.2, -0.15) is 0 Å². The van der Waals surface area contributed by atoms with Crippen molar-refractivity contribution in [1.29, 1.82) is 0 Å². The summed E-state index contributed by atoms with van der Waals surface area (Å²) in [6.45, 7) is 2.78. The Morgan fingerprint density at radius 1 is 1.04 bits per heavy atom. The number of rotatable bonds is 7. The average Bonchev–Trinajstić information content (AvgIpc) is 2.62. The first-order valence-electron chi connectivity index (χ1n) is 7.80. The lowest BCUT2D eigenvalue weighted by molar-refractivity contribution is 0.0983. The Labute approximate surface area is 137 Å². The quantitative estimate of drug-likeness (QED) is 0.771. The molecule has 23 heavy (non-hydrogen) atoms. The van der Waals surface area contributed by atoms with Gasteiger partial charge in [0.05, 0.1) is 19.8 Å². The van der Waals surface area contributed by atoms with Crippen molar-refractivity contribution >= 4 is 11.6 Å². The summed E-state index contributed by atoms with van der Waals surface area (Å²) in [5.74, 6) is 1.10. The minimum absolute atomic E-state index is 0.0830. The second kappa shape index (κ2) is 8.22. The molecule has 4 nitrogen and oxygen atoms in total. The van der Waals surface area contributed by atoms with Gasteiger partial charge in [-0.25, -0.2) is 0 Å². The Balaban J connectivity index is 2.40. The molecule has 0 radical (unpaired) electrons. The molecule has 0 fully saturated rings. The average molecular weight is 313 g/mol. The normalized spacial score (nSPS) is 10.2. The first-order chi connectivity index (χ1) is 11.2. The number of unbranched alkanes of at least 4 members (excludes halogenated alkanes) is 1. The summed E-state index contributed by atoms with van der Waals surface area (Å²) < 4.78 is 10.6. The minimum atomic E-state index is -0.0830. The van der Waals surface area contributed by atoms with E-state index in [0.717, 1.165) is 18.5 Å². The highest BCUT2D eigenvalue weighted by molar-refractivity contribution is 6.08. The van der Waals surface area contributed by atoms with Crippen LogP contribution in [0.1, 0.15) is 30.1 Å². The molecule has 0 bridgehead atoms. The molecule has 0 heterocycles. The molecule has 2 rings (SSSR count). The summed E-state index contributed by atoms with van der Waals surface area (Å²) in [5, 5.41) is 0. The largest absolute Gasteiger partial charge is 0.497 e. The van der Waals surface area contributed by atoms with Crippen LogP contribution in [-0.4, -0.2) is 26.7 Å². The molecule has 1 amide bonds. The molecule has 0 N–H and O–H groups in total. The summed E-state index contributed by atoms with van der Waals surface area (Å²) in [4.78, 5) is 14.9. The van der Waals surface area contributed by atoms with Gasteiger partial charge in [0.1, 0.15) is 11.5 Å². The van der Waals surface area contributed by atoms with E-state index in [0.29, 0.717) is 23.6 Å². The number of anilines is 1. The van der Waals surface area contributed by atoms with Crippen molar-refractivity contribution < 1.29 is 14.3 Å². The topological polar surface area (TPSA) is 38.8 Å². The van der Waals surface area contributed by atoms with E-state index in [2.05, 4.69) is 6.92 Å². The van der Waals surface area contributed by atoms with Gasteiger partial charge < -0.3 is 14.4 Å². The van der Waals surface area contributed by atoms with Gasteiger partial charge in [0, 0.05) is 12.2 Å². The first kappa shape index (κ1) is 16.9. The van der Waals surface area contributed by atoms with Crippen LogP contribution >= 0.6 is 0 Å². The van der Waals surface area contributed by atoms with Crippen molar-refractivity contribution in [2.75, 3.05) is 25.7 Å². The predicted molar refractivity (Wildman–Crippen MR) is 92.6 cm³/mol. The summed E-state index contributed by atoms with van der Waals surface area (Å²) in [7, 11) is 3.15. The molecule has 0 unspecified atom stereocenters. The maximum atomic E-state index is 13.1. The second-order valence-electron chi connectivity index (χ2n) is 5.21. The summed E-state index contributed by atoms with van der Waals surface area (Å²) in [6, 6.07) is 15.0. The number of benzene rings is 2. The summed E-state index contributed by atoms with van der Waals surface area (Å²) in [6.07, 6.45) is 1.96. The van der Waals surface area contributed by atoms with Gasteiger partial charge in [0.25, 0.3) is 5.91 Å². The molecule has 2 aromatic rings. The van der Waals surface area contributed by atoms with E-state index in [4.69, 9.17) is 9.47 Å². The molecule has 0 aromatic heterocycles. The van der Waals surface area contributed by atoms with Crippen LogP contribution in [0.3, 0.4) is 0 Å². The van der Waals surface area contributed by atoms with Crippen molar-refractivity contribution in [2.45, 2.75) is 19.8 Å². The van der Waals surface area contributed by atoms with Crippen LogP contribution in [0.2, 0.25) is 0 Å². The van der Waals surface area contributed by atoms with Crippen LogP contribution in [0.4, 0.5) is 5.69 Å². The number of hydrogen-bond donors (Lipinski definition) is 0. The molecule has 4 heteroatoms. The third-order valence-corrected chi connectivity index (χ3v) is 3.69. The highest BCUT2D eigenvalue weighted by Gasteiger charge is 2.21. The zero-order valence-electron chi connectivity index (χ0n) is 13.9. The van der Waals surface area contributed by atoms with Gasteiger partial charge in [-0.3, -0.25) is 4.79 Å². The van der Waals surface area contributed by atoms with Crippen molar-refractivity contribution in [2.24, 2.45) is 0 Å². The first-order valence-corrected chi connectivity index (χ1v) is 7.80. The number of para-hydroxylation sites is 1. The number of amides is 1.